The van der Waals surface area contributed by atoms with Gasteiger partial charge in [0.05, 0.1) is 11.8 Å². The molecule has 0 saturated carbocycles. The Morgan fingerprint density at radius 1 is 1.12 bits per heavy atom. The smallest absolute Gasteiger partial charge is 0.416 e. The van der Waals surface area contributed by atoms with Crippen molar-refractivity contribution in [3.05, 3.63) is 54.0 Å². The van der Waals surface area contributed by atoms with Crippen LogP contribution in [0.25, 0.3) is 0 Å². The molecule has 0 unspecified atom stereocenters. The molecule has 10 heteroatoms. The normalized spacial score (nSPS) is 12.6. The molecule has 0 aliphatic heterocycles. The second-order valence-corrected chi connectivity index (χ2v) is 4.45. The number of hydrogen-bond acceptors (Lipinski definition) is 2. The summed E-state index contributed by atoms with van der Waals surface area (Å²) in [6.07, 6.45) is -2.88. The second-order valence-electron chi connectivity index (χ2n) is 4.45. The molecular formula is C14H15ClF3N5O. The summed E-state index contributed by atoms with van der Waals surface area (Å²) in [5.74, 6) is 0.432. The topological polar surface area (TPSA) is 102 Å². The molecular weight excluding hydrogens is 347 g/mol. The number of halogens is 4. The zero-order valence-electron chi connectivity index (χ0n) is 12.2. The van der Waals surface area contributed by atoms with E-state index in [1.165, 1.54) is 18.4 Å². The van der Waals surface area contributed by atoms with Crippen molar-refractivity contribution in [3.63, 3.8) is 0 Å². The molecule has 0 atom stereocenters. The van der Waals surface area contributed by atoms with Crippen LogP contribution in [0.5, 0.6) is 0 Å². The van der Waals surface area contributed by atoms with E-state index in [0.29, 0.717) is 11.4 Å². The number of furan rings is 1. The SMILES string of the molecule is Cl.NC(=NCc1ccco1)N=C(N)Nc1ccc(C(F)(F)F)cc1. The monoisotopic (exact) mass is 361 g/mol. The first-order chi connectivity index (χ1) is 10.8. The van der Waals surface area contributed by atoms with Gasteiger partial charge in [0.2, 0.25) is 11.9 Å². The van der Waals surface area contributed by atoms with Gasteiger partial charge >= 0.3 is 6.18 Å². The minimum Gasteiger partial charge on any atom is -0.467 e. The summed E-state index contributed by atoms with van der Waals surface area (Å²) < 4.78 is 42.4. The first-order valence-electron chi connectivity index (χ1n) is 6.45. The van der Waals surface area contributed by atoms with Crippen LogP contribution >= 0.6 is 12.4 Å². The molecule has 0 fully saturated rings. The average Bonchev–Trinajstić information content (AvgIpc) is 2.98. The fourth-order valence-corrected chi connectivity index (χ4v) is 1.64. The number of hydrogen-bond donors (Lipinski definition) is 3. The molecule has 0 aliphatic carbocycles. The van der Waals surface area contributed by atoms with Crippen LogP contribution in [-0.4, -0.2) is 11.9 Å². The van der Waals surface area contributed by atoms with Gasteiger partial charge in [0.1, 0.15) is 12.3 Å². The van der Waals surface area contributed by atoms with Crippen LogP contribution in [0.4, 0.5) is 18.9 Å². The predicted molar refractivity (Wildman–Crippen MR) is 88.0 cm³/mol. The molecule has 5 N–H and O–H groups in total. The molecule has 1 aromatic carbocycles. The summed E-state index contributed by atoms with van der Waals surface area (Å²) in [6.45, 7) is 0.204. The van der Waals surface area contributed by atoms with E-state index in [1.807, 2.05) is 0 Å². The lowest BCUT2D eigenvalue weighted by Crippen LogP contribution is -2.26. The standard InChI is InChI=1S/C14H14F3N5O.ClH/c15-14(16,17)9-3-5-10(6-4-9)21-13(19)22-12(18)20-8-11-2-1-7-23-11;/h1-7H,8H2,(H5,18,19,20,21,22);1H. The predicted octanol–water partition coefficient (Wildman–Crippen LogP) is 2.96. The van der Waals surface area contributed by atoms with Crippen LogP contribution in [-0.2, 0) is 12.7 Å². The van der Waals surface area contributed by atoms with Crippen molar-refractivity contribution in [2.45, 2.75) is 12.7 Å². The Kier molecular flexibility index (Phi) is 6.66. The maximum absolute atomic E-state index is 12.4. The van der Waals surface area contributed by atoms with Gasteiger partial charge in [0, 0.05) is 5.69 Å². The van der Waals surface area contributed by atoms with E-state index in [0.717, 1.165) is 12.1 Å². The lowest BCUT2D eigenvalue weighted by atomic mass is 10.2. The third kappa shape index (κ3) is 5.84. The minimum absolute atomic E-state index is 0. The van der Waals surface area contributed by atoms with Crippen molar-refractivity contribution in [1.29, 1.82) is 0 Å². The van der Waals surface area contributed by atoms with E-state index in [2.05, 4.69) is 15.3 Å². The van der Waals surface area contributed by atoms with Crippen LogP contribution in [0.15, 0.2) is 57.1 Å². The third-order valence-corrected chi connectivity index (χ3v) is 2.70. The highest BCUT2D eigenvalue weighted by molar-refractivity contribution is 6.00. The largest absolute Gasteiger partial charge is 0.467 e. The summed E-state index contributed by atoms with van der Waals surface area (Å²) in [5, 5.41) is 2.62. The number of nitrogens with one attached hydrogen (secondary N) is 1. The molecule has 2 rings (SSSR count). The van der Waals surface area contributed by atoms with Gasteiger partial charge in [-0.1, -0.05) is 0 Å². The number of aliphatic imine (C=N–C) groups is 2. The first kappa shape index (κ1) is 19.4. The fraction of sp³-hybridized carbons (Fsp3) is 0.143. The molecule has 6 nitrogen and oxygen atoms in total. The van der Waals surface area contributed by atoms with E-state index < -0.39 is 11.7 Å². The Morgan fingerprint density at radius 2 is 1.79 bits per heavy atom. The lowest BCUT2D eigenvalue weighted by Gasteiger charge is -2.08. The van der Waals surface area contributed by atoms with Gasteiger partial charge in [-0.2, -0.15) is 18.2 Å². The quantitative estimate of drug-likeness (QED) is 0.577. The van der Waals surface area contributed by atoms with Crippen molar-refractivity contribution in [2.24, 2.45) is 21.5 Å². The van der Waals surface area contributed by atoms with Gasteiger partial charge in [0.15, 0.2) is 0 Å². The van der Waals surface area contributed by atoms with Crippen LogP contribution < -0.4 is 16.8 Å². The highest BCUT2D eigenvalue weighted by Crippen LogP contribution is 2.29. The highest BCUT2D eigenvalue weighted by atomic mass is 35.5. The number of rotatable bonds is 3. The van der Waals surface area contributed by atoms with Crippen molar-refractivity contribution in [1.82, 2.24) is 0 Å². The van der Waals surface area contributed by atoms with E-state index in [-0.39, 0.29) is 30.9 Å². The van der Waals surface area contributed by atoms with Gasteiger partial charge < -0.3 is 21.2 Å². The second kappa shape index (κ2) is 8.25. The molecule has 0 aliphatic rings. The van der Waals surface area contributed by atoms with Gasteiger partial charge in [0.25, 0.3) is 0 Å². The molecule has 0 bridgehead atoms. The van der Waals surface area contributed by atoms with E-state index in [1.54, 1.807) is 12.1 Å². The Bertz CT molecular complexity index is 696. The molecule has 130 valence electrons. The Morgan fingerprint density at radius 3 is 2.33 bits per heavy atom. The molecule has 0 amide bonds. The molecule has 24 heavy (non-hydrogen) atoms. The van der Waals surface area contributed by atoms with Gasteiger partial charge in [-0.3, -0.25) is 0 Å². The molecule has 0 radical (unpaired) electrons. The highest BCUT2D eigenvalue weighted by Gasteiger charge is 2.29. The zero-order chi connectivity index (χ0) is 16.9. The van der Waals surface area contributed by atoms with Crippen molar-refractivity contribution < 1.29 is 17.6 Å². The van der Waals surface area contributed by atoms with E-state index in [4.69, 9.17) is 15.9 Å². The molecule has 1 aromatic heterocycles. The Balaban J connectivity index is 0.00000288. The molecule has 0 saturated heterocycles. The number of nitrogens with two attached hydrogens (primary N) is 2. The van der Waals surface area contributed by atoms with Gasteiger partial charge in [-0.25, -0.2) is 4.99 Å². The summed E-state index contributed by atoms with van der Waals surface area (Å²) in [7, 11) is 0. The third-order valence-electron chi connectivity index (χ3n) is 2.70. The average molecular weight is 362 g/mol. The maximum atomic E-state index is 12.4. The number of benzene rings is 1. The summed E-state index contributed by atoms with van der Waals surface area (Å²) in [6, 6.07) is 7.78. The molecule has 2 aromatic rings. The zero-order valence-corrected chi connectivity index (χ0v) is 13.1. The first-order valence-corrected chi connectivity index (χ1v) is 6.45. The maximum Gasteiger partial charge on any atom is 0.416 e. The molecule has 0 spiro atoms. The Labute approximate surface area is 141 Å². The fourth-order valence-electron chi connectivity index (χ4n) is 1.64. The molecule has 1 heterocycles. The van der Waals surface area contributed by atoms with Crippen LogP contribution in [0.3, 0.4) is 0 Å². The van der Waals surface area contributed by atoms with Crippen molar-refractivity contribution in [2.75, 3.05) is 5.32 Å². The van der Waals surface area contributed by atoms with E-state index in [9.17, 15) is 13.2 Å². The number of guanidine groups is 2. The van der Waals surface area contributed by atoms with Crippen molar-refractivity contribution in [3.8, 4) is 0 Å². The number of anilines is 1. The van der Waals surface area contributed by atoms with Crippen LogP contribution in [0.2, 0.25) is 0 Å². The van der Waals surface area contributed by atoms with Crippen molar-refractivity contribution >= 4 is 30.0 Å². The van der Waals surface area contributed by atoms with Crippen LogP contribution in [0.1, 0.15) is 11.3 Å². The summed E-state index contributed by atoms with van der Waals surface area (Å²) >= 11 is 0. The number of alkyl halides is 3. The van der Waals surface area contributed by atoms with Gasteiger partial charge in [-0.05, 0) is 36.4 Å². The van der Waals surface area contributed by atoms with Crippen LogP contribution in [0, 0.1) is 0 Å². The summed E-state index contributed by atoms with van der Waals surface area (Å²) in [4.78, 5) is 7.73. The minimum atomic E-state index is -4.39. The summed E-state index contributed by atoms with van der Waals surface area (Å²) in [5.41, 5.74) is 10.8. The number of nitrogens with zero attached hydrogens (tertiary/aromatic N) is 2. The Hall–Kier alpha value is -2.68. The van der Waals surface area contributed by atoms with Gasteiger partial charge in [-0.15, -0.1) is 12.4 Å². The lowest BCUT2D eigenvalue weighted by molar-refractivity contribution is -0.137. The van der Waals surface area contributed by atoms with E-state index >= 15 is 0 Å².